The summed E-state index contributed by atoms with van der Waals surface area (Å²) in [5.74, 6) is -0.913. The summed E-state index contributed by atoms with van der Waals surface area (Å²) in [6, 6.07) is 30.7. The van der Waals surface area contributed by atoms with Crippen molar-refractivity contribution >= 4 is 29.1 Å². The number of hydrogen-bond donors (Lipinski definition) is 3. The minimum absolute atomic E-state index is 0.0574. The second kappa shape index (κ2) is 14.9. The van der Waals surface area contributed by atoms with Gasteiger partial charge in [0.1, 0.15) is 5.75 Å². The molecule has 2 atom stereocenters. The zero-order chi connectivity index (χ0) is 33.4. The number of amides is 3. The van der Waals surface area contributed by atoms with E-state index < -0.39 is 17.4 Å². The first-order valence-corrected chi connectivity index (χ1v) is 15.5. The molecule has 0 saturated heterocycles. The Labute approximate surface area is 274 Å². The highest BCUT2D eigenvalue weighted by atomic mass is 16.5. The van der Waals surface area contributed by atoms with Crippen molar-refractivity contribution in [3.05, 3.63) is 138 Å². The Morgan fingerprint density at radius 3 is 2.38 bits per heavy atom. The molecule has 9 nitrogen and oxygen atoms in total. The van der Waals surface area contributed by atoms with Gasteiger partial charge in [-0.1, -0.05) is 79.7 Å². The fourth-order valence-corrected chi connectivity index (χ4v) is 5.79. The molecular formula is C38H39N3O6. The van der Waals surface area contributed by atoms with Crippen molar-refractivity contribution in [3.8, 4) is 5.75 Å². The van der Waals surface area contributed by atoms with Crippen molar-refractivity contribution < 1.29 is 29.3 Å². The van der Waals surface area contributed by atoms with E-state index in [1.807, 2.05) is 42.5 Å². The number of nitrogens with zero attached hydrogens (tertiary/aromatic N) is 2. The van der Waals surface area contributed by atoms with E-state index in [1.165, 1.54) is 0 Å². The number of carbonyl (C=O) groups is 3. The summed E-state index contributed by atoms with van der Waals surface area (Å²) in [4.78, 5) is 43.0. The second-order valence-electron chi connectivity index (χ2n) is 11.5. The fraction of sp³-hybridized carbons (Fsp3) is 0.237. The third kappa shape index (κ3) is 7.43. The molecule has 242 valence electrons. The van der Waals surface area contributed by atoms with E-state index in [0.29, 0.717) is 34.8 Å². The lowest BCUT2D eigenvalue weighted by Crippen LogP contribution is -2.44. The van der Waals surface area contributed by atoms with Crippen LogP contribution in [0, 0.1) is 5.92 Å². The lowest BCUT2D eigenvalue weighted by molar-refractivity contribution is -0.139. The van der Waals surface area contributed by atoms with Gasteiger partial charge in [0.05, 0.1) is 25.9 Å². The van der Waals surface area contributed by atoms with Gasteiger partial charge in [0.2, 0.25) is 5.91 Å². The number of aliphatic hydroxyl groups is 2. The molecule has 0 saturated carbocycles. The molecular weight excluding hydrogens is 594 g/mol. The maximum absolute atomic E-state index is 14.0. The lowest BCUT2D eigenvalue weighted by Gasteiger charge is -2.28. The summed E-state index contributed by atoms with van der Waals surface area (Å²) < 4.78 is 5.16. The van der Waals surface area contributed by atoms with Crippen LogP contribution in [0.3, 0.4) is 0 Å². The van der Waals surface area contributed by atoms with Crippen LogP contribution in [0.1, 0.15) is 40.4 Å². The first-order valence-electron chi connectivity index (χ1n) is 15.5. The van der Waals surface area contributed by atoms with Crippen LogP contribution < -0.4 is 15.0 Å². The number of anilines is 2. The van der Waals surface area contributed by atoms with E-state index in [9.17, 15) is 24.6 Å². The Balaban J connectivity index is 1.28. The summed E-state index contributed by atoms with van der Waals surface area (Å²) >= 11 is 0. The normalized spacial score (nSPS) is 16.2. The molecule has 3 amide bonds. The van der Waals surface area contributed by atoms with Crippen LogP contribution in [0.5, 0.6) is 5.75 Å². The maximum atomic E-state index is 14.0. The summed E-state index contributed by atoms with van der Waals surface area (Å²) in [6.45, 7) is 2.35. The third-order valence-corrected chi connectivity index (χ3v) is 8.37. The van der Waals surface area contributed by atoms with Gasteiger partial charge < -0.3 is 30.1 Å². The zero-order valence-electron chi connectivity index (χ0n) is 26.5. The van der Waals surface area contributed by atoms with Gasteiger partial charge >= 0.3 is 0 Å². The minimum Gasteiger partial charge on any atom is -0.497 e. The van der Waals surface area contributed by atoms with Gasteiger partial charge in [-0.3, -0.25) is 14.4 Å². The number of benzene rings is 4. The highest BCUT2D eigenvalue weighted by Gasteiger charge is 2.52. The van der Waals surface area contributed by atoms with Crippen molar-refractivity contribution in [3.63, 3.8) is 0 Å². The Hall–Kier alpha value is -5.25. The summed E-state index contributed by atoms with van der Waals surface area (Å²) in [6.07, 6.45) is 3.43. The van der Waals surface area contributed by atoms with Gasteiger partial charge in [-0.15, -0.1) is 0 Å². The van der Waals surface area contributed by atoms with E-state index in [4.69, 9.17) is 4.74 Å². The standard InChI is InChI=1S/C38H39N3O6/c1-27(10-8-17-35(43)40(22-23-42)25-28-11-4-3-5-12-28)38(46)33-15-6-7-16-34(33)41(37(38)45)26-29-13-9-14-31(24-29)39-36(44)30-18-20-32(47-2)21-19-30/h3-16,18-21,24,27,42,46H,17,22-23,25-26H2,1-2H3,(H,39,44)/b10-8+/t27-,38+/m0/s1. The van der Waals surface area contributed by atoms with Gasteiger partial charge in [-0.25, -0.2) is 0 Å². The molecule has 0 aliphatic carbocycles. The molecule has 5 rings (SSSR count). The molecule has 1 heterocycles. The van der Waals surface area contributed by atoms with Crippen molar-refractivity contribution in [2.45, 2.75) is 32.0 Å². The largest absolute Gasteiger partial charge is 0.497 e. The highest BCUT2D eigenvalue weighted by molar-refractivity contribution is 6.07. The Morgan fingerprint density at radius 2 is 1.66 bits per heavy atom. The smallest absolute Gasteiger partial charge is 0.264 e. The zero-order valence-corrected chi connectivity index (χ0v) is 26.5. The van der Waals surface area contributed by atoms with Crippen molar-refractivity contribution in [1.29, 1.82) is 0 Å². The van der Waals surface area contributed by atoms with E-state index in [0.717, 1.165) is 11.1 Å². The molecule has 0 bridgehead atoms. The summed E-state index contributed by atoms with van der Waals surface area (Å²) in [5.41, 5.74) is 2.02. The van der Waals surface area contributed by atoms with Crippen LogP contribution in [0.4, 0.5) is 11.4 Å². The average molecular weight is 634 g/mol. The molecule has 1 aliphatic rings. The molecule has 4 aromatic carbocycles. The quantitative estimate of drug-likeness (QED) is 0.172. The monoisotopic (exact) mass is 633 g/mol. The van der Waals surface area contributed by atoms with Crippen molar-refractivity contribution in [2.75, 3.05) is 30.5 Å². The van der Waals surface area contributed by atoms with Gasteiger partial charge in [0, 0.05) is 42.2 Å². The molecule has 0 aromatic heterocycles. The second-order valence-corrected chi connectivity index (χ2v) is 11.5. The highest BCUT2D eigenvalue weighted by Crippen LogP contribution is 2.45. The molecule has 4 aromatic rings. The lowest BCUT2D eigenvalue weighted by atomic mass is 9.83. The number of aliphatic hydroxyl groups excluding tert-OH is 1. The summed E-state index contributed by atoms with van der Waals surface area (Å²) in [7, 11) is 1.56. The number of methoxy groups -OCH3 is 1. The van der Waals surface area contributed by atoms with E-state index >= 15 is 0 Å². The number of ether oxygens (including phenoxy) is 1. The van der Waals surface area contributed by atoms with Gasteiger partial charge in [0.15, 0.2) is 5.60 Å². The molecule has 0 fully saturated rings. The average Bonchev–Trinajstić information content (AvgIpc) is 3.31. The topological polar surface area (TPSA) is 119 Å². The van der Waals surface area contributed by atoms with Crippen LogP contribution in [0.15, 0.2) is 115 Å². The SMILES string of the molecule is COc1ccc(C(=O)Nc2cccc(CN3C(=O)[C@@](O)([C@@H](C)/C=C/CC(=O)N(CCO)Cc4ccccc4)c4ccccc43)c2)cc1. The molecule has 47 heavy (non-hydrogen) atoms. The Morgan fingerprint density at radius 1 is 0.957 bits per heavy atom. The van der Waals surface area contributed by atoms with Gasteiger partial charge in [-0.05, 0) is 53.6 Å². The van der Waals surface area contributed by atoms with Crippen molar-refractivity contribution in [2.24, 2.45) is 5.92 Å². The Bertz CT molecular complexity index is 1740. The molecule has 1 aliphatic heterocycles. The first kappa shape index (κ1) is 33.1. The third-order valence-electron chi connectivity index (χ3n) is 8.37. The predicted molar refractivity (Wildman–Crippen MR) is 181 cm³/mol. The Kier molecular flexibility index (Phi) is 10.5. The van der Waals surface area contributed by atoms with E-state index in [2.05, 4.69) is 5.32 Å². The molecule has 0 unspecified atom stereocenters. The number of fused-ring (bicyclic) bond motifs is 1. The predicted octanol–water partition coefficient (Wildman–Crippen LogP) is 5.29. The molecule has 3 N–H and O–H groups in total. The first-order chi connectivity index (χ1) is 22.7. The fourth-order valence-electron chi connectivity index (χ4n) is 5.79. The summed E-state index contributed by atoms with van der Waals surface area (Å²) in [5, 5.41) is 24.4. The van der Waals surface area contributed by atoms with Crippen LogP contribution in [0.2, 0.25) is 0 Å². The maximum Gasteiger partial charge on any atom is 0.264 e. The van der Waals surface area contributed by atoms with Gasteiger partial charge in [-0.2, -0.15) is 0 Å². The number of carbonyl (C=O) groups excluding carboxylic acids is 3. The van der Waals surface area contributed by atoms with Crippen LogP contribution in [-0.2, 0) is 28.3 Å². The molecule has 9 heteroatoms. The van der Waals surface area contributed by atoms with Gasteiger partial charge in [0.25, 0.3) is 11.8 Å². The van der Waals surface area contributed by atoms with Crippen LogP contribution in [-0.4, -0.2) is 53.1 Å². The van der Waals surface area contributed by atoms with E-state index in [-0.39, 0.29) is 37.9 Å². The number of hydrogen-bond acceptors (Lipinski definition) is 6. The van der Waals surface area contributed by atoms with Crippen molar-refractivity contribution in [1.82, 2.24) is 4.90 Å². The number of nitrogens with one attached hydrogen (secondary N) is 1. The van der Waals surface area contributed by atoms with Crippen LogP contribution >= 0.6 is 0 Å². The van der Waals surface area contributed by atoms with Crippen LogP contribution in [0.25, 0.3) is 0 Å². The van der Waals surface area contributed by atoms with E-state index in [1.54, 1.807) is 96.6 Å². The number of para-hydroxylation sites is 1. The molecule has 0 spiro atoms. The molecule has 0 radical (unpaired) electrons. The number of rotatable bonds is 13. The minimum atomic E-state index is -1.84.